The summed E-state index contributed by atoms with van der Waals surface area (Å²) in [6, 6.07) is 5.03. The average molecular weight is 263 g/mol. The zero-order valence-corrected chi connectivity index (χ0v) is 11.5. The number of amides is 1. The lowest BCUT2D eigenvalue weighted by molar-refractivity contribution is 0.0693. The van der Waals surface area contributed by atoms with Crippen LogP contribution in [0.5, 0.6) is 5.75 Å². The van der Waals surface area contributed by atoms with E-state index in [-0.39, 0.29) is 28.9 Å². The van der Waals surface area contributed by atoms with E-state index >= 15 is 0 Å². The molecule has 1 aliphatic rings. The molecule has 1 aliphatic heterocycles. The van der Waals surface area contributed by atoms with E-state index < -0.39 is 0 Å². The number of aromatic hydroxyl groups is 1. The number of rotatable bonds is 1. The topological polar surface area (TPSA) is 69.8 Å². The summed E-state index contributed by atoms with van der Waals surface area (Å²) in [5.74, 6) is -0.259. The molecule has 3 N–H and O–H groups in total. The highest BCUT2D eigenvalue weighted by Crippen LogP contribution is 2.26. The van der Waals surface area contributed by atoms with Crippen molar-refractivity contribution in [2.75, 3.05) is 32.4 Å². The fraction of sp³-hybridized carbons (Fsp3) is 0.500. The van der Waals surface area contributed by atoms with Crippen LogP contribution in [-0.4, -0.2) is 53.5 Å². The van der Waals surface area contributed by atoms with Crippen molar-refractivity contribution in [1.82, 2.24) is 9.80 Å². The Hall–Kier alpha value is -1.75. The zero-order chi connectivity index (χ0) is 14.0. The van der Waals surface area contributed by atoms with Crippen molar-refractivity contribution >= 4 is 11.6 Å². The maximum absolute atomic E-state index is 12.5. The van der Waals surface area contributed by atoms with Crippen molar-refractivity contribution in [2.24, 2.45) is 0 Å². The number of nitrogens with two attached hydrogens (primary N) is 1. The summed E-state index contributed by atoms with van der Waals surface area (Å²) in [6.07, 6.45) is 0.940. The minimum atomic E-state index is -0.146. The van der Waals surface area contributed by atoms with Crippen LogP contribution in [0, 0.1) is 0 Å². The van der Waals surface area contributed by atoms with E-state index in [4.69, 9.17) is 5.73 Å². The van der Waals surface area contributed by atoms with Gasteiger partial charge in [-0.2, -0.15) is 0 Å². The molecule has 19 heavy (non-hydrogen) atoms. The number of anilines is 1. The van der Waals surface area contributed by atoms with Crippen LogP contribution in [0.3, 0.4) is 0 Å². The highest BCUT2D eigenvalue weighted by Gasteiger charge is 2.26. The van der Waals surface area contributed by atoms with Gasteiger partial charge < -0.3 is 20.6 Å². The highest BCUT2D eigenvalue weighted by atomic mass is 16.3. The SMILES string of the molecule is CC1CN(C)CCCN1C(=O)c1cccc(N)c1O. The molecule has 0 bridgehead atoms. The van der Waals surface area contributed by atoms with Crippen molar-refractivity contribution in [3.63, 3.8) is 0 Å². The molecule has 104 valence electrons. The van der Waals surface area contributed by atoms with Crippen molar-refractivity contribution in [3.05, 3.63) is 23.8 Å². The van der Waals surface area contributed by atoms with Crippen LogP contribution >= 0.6 is 0 Å². The smallest absolute Gasteiger partial charge is 0.257 e. The summed E-state index contributed by atoms with van der Waals surface area (Å²) >= 11 is 0. The largest absolute Gasteiger partial charge is 0.505 e. The first-order valence-electron chi connectivity index (χ1n) is 6.57. The normalized spacial score (nSPS) is 21.2. The van der Waals surface area contributed by atoms with Crippen molar-refractivity contribution in [3.8, 4) is 5.75 Å². The van der Waals surface area contributed by atoms with E-state index in [1.165, 1.54) is 0 Å². The fourth-order valence-electron chi connectivity index (χ4n) is 2.56. The van der Waals surface area contributed by atoms with Crippen molar-refractivity contribution < 1.29 is 9.90 Å². The Kier molecular flexibility index (Phi) is 3.95. The lowest BCUT2D eigenvalue weighted by Crippen LogP contribution is -2.42. The number of benzene rings is 1. The van der Waals surface area contributed by atoms with Crippen LogP contribution < -0.4 is 5.73 Å². The summed E-state index contributed by atoms with van der Waals surface area (Å²) in [6.45, 7) is 4.56. The molecule has 1 saturated heterocycles. The van der Waals surface area contributed by atoms with Gasteiger partial charge in [-0.3, -0.25) is 4.79 Å². The van der Waals surface area contributed by atoms with E-state index in [9.17, 15) is 9.90 Å². The first-order chi connectivity index (χ1) is 9.00. The van der Waals surface area contributed by atoms with Gasteiger partial charge in [-0.1, -0.05) is 6.07 Å². The van der Waals surface area contributed by atoms with Gasteiger partial charge in [0.1, 0.15) is 0 Å². The maximum Gasteiger partial charge on any atom is 0.257 e. The van der Waals surface area contributed by atoms with Gasteiger partial charge in [0, 0.05) is 19.1 Å². The summed E-state index contributed by atoms with van der Waals surface area (Å²) < 4.78 is 0. The molecule has 1 fully saturated rings. The summed E-state index contributed by atoms with van der Waals surface area (Å²) in [5, 5.41) is 9.92. The third-order valence-electron chi connectivity index (χ3n) is 3.61. The number of likely N-dealkylation sites (N-methyl/N-ethyl adjacent to an activating group) is 1. The number of para-hydroxylation sites is 1. The first kappa shape index (κ1) is 13.7. The molecule has 2 rings (SSSR count). The van der Waals surface area contributed by atoms with Crippen LogP contribution in [0.1, 0.15) is 23.7 Å². The third-order valence-corrected chi connectivity index (χ3v) is 3.61. The molecule has 0 radical (unpaired) electrons. The Balaban J connectivity index is 2.25. The summed E-state index contributed by atoms with van der Waals surface area (Å²) in [4.78, 5) is 16.6. The van der Waals surface area contributed by atoms with Gasteiger partial charge in [-0.25, -0.2) is 0 Å². The van der Waals surface area contributed by atoms with E-state index in [1.54, 1.807) is 18.2 Å². The number of phenolic OH excluding ortho intramolecular Hbond substituents is 1. The lowest BCUT2D eigenvalue weighted by atomic mass is 10.1. The molecule has 1 aromatic carbocycles. The van der Waals surface area contributed by atoms with Gasteiger partial charge in [0.25, 0.3) is 5.91 Å². The lowest BCUT2D eigenvalue weighted by Gasteiger charge is -2.28. The molecule has 5 nitrogen and oxygen atoms in total. The van der Waals surface area contributed by atoms with Gasteiger partial charge in [0.15, 0.2) is 5.75 Å². The van der Waals surface area contributed by atoms with E-state index in [0.29, 0.717) is 6.54 Å². The van der Waals surface area contributed by atoms with Gasteiger partial charge in [-0.05, 0) is 39.1 Å². The molecule has 1 aromatic rings. The maximum atomic E-state index is 12.5. The number of nitrogens with zero attached hydrogens (tertiary/aromatic N) is 2. The Morgan fingerprint density at radius 3 is 2.89 bits per heavy atom. The molecule has 0 aliphatic carbocycles. The Morgan fingerprint density at radius 1 is 1.42 bits per heavy atom. The molecular weight excluding hydrogens is 242 g/mol. The van der Waals surface area contributed by atoms with Gasteiger partial charge in [-0.15, -0.1) is 0 Å². The quantitative estimate of drug-likeness (QED) is 0.589. The highest BCUT2D eigenvalue weighted by molar-refractivity contribution is 5.98. The molecule has 1 atom stereocenters. The molecule has 0 saturated carbocycles. The van der Waals surface area contributed by atoms with Crippen LogP contribution in [0.4, 0.5) is 5.69 Å². The number of hydrogen-bond acceptors (Lipinski definition) is 4. The molecule has 1 unspecified atom stereocenters. The monoisotopic (exact) mass is 263 g/mol. The van der Waals surface area contributed by atoms with E-state index in [0.717, 1.165) is 19.5 Å². The summed E-state index contributed by atoms with van der Waals surface area (Å²) in [5.41, 5.74) is 6.18. The summed E-state index contributed by atoms with van der Waals surface area (Å²) in [7, 11) is 2.06. The number of nitrogen functional groups attached to an aromatic ring is 1. The van der Waals surface area contributed by atoms with Gasteiger partial charge >= 0.3 is 0 Å². The molecule has 1 amide bonds. The first-order valence-corrected chi connectivity index (χ1v) is 6.57. The number of hydrogen-bond donors (Lipinski definition) is 2. The number of carbonyl (C=O) groups excluding carboxylic acids is 1. The van der Waals surface area contributed by atoms with Gasteiger partial charge in [0.2, 0.25) is 0 Å². The minimum absolute atomic E-state index is 0.114. The predicted molar refractivity (Wildman–Crippen MR) is 75.1 cm³/mol. The fourth-order valence-corrected chi connectivity index (χ4v) is 2.56. The zero-order valence-electron chi connectivity index (χ0n) is 11.5. The number of phenols is 1. The van der Waals surface area contributed by atoms with E-state index in [2.05, 4.69) is 11.9 Å². The van der Waals surface area contributed by atoms with Crippen LogP contribution in [0.25, 0.3) is 0 Å². The standard InChI is InChI=1S/C14H21N3O2/c1-10-9-16(2)7-4-8-17(10)14(19)11-5-3-6-12(15)13(11)18/h3,5-6,10,18H,4,7-9,15H2,1-2H3. The second-order valence-electron chi connectivity index (χ2n) is 5.21. The van der Waals surface area contributed by atoms with Crippen LogP contribution in [0.2, 0.25) is 0 Å². The van der Waals surface area contributed by atoms with Crippen LogP contribution in [-0.2, 0) is 0 Å². The van der Waals surface area contributed by atoms with Crippen LogP contribution in [0.15, 0.2) is 18.2 Å². The molecule has 1 heterocycles. The average Bonchev–Trinajstić information content (AvgIpc) is 2.53. The minimum Gasteiger partial charge on any atom is -0.505 e. The third kappa shape index (κ3) is 2.81. The predicted octanol–water partition coefficient (Wildman–Crippen LogP) is 1.14. The Bertz CT molecular complexity index is 476. The van der Waals surface area contributed by atoms with Crippen molar-refractivity contribution in [2.45, 2.75) is 19.4 Å². The second kappa shape index (κ2) is 5.48. The van der Waals surface area contributed by atoms with Gasteiger partial charge in [0.05, 0.1) is 11.3 Å². The Morgan fingerprint density at radius 2 is 2.16 bits per heavy atom. The Labute approximate surface area is 113 Å². The molecule has 5 heteroatoms. The van der Waals surface area contributed by atoms with E-state index in [1.807, 2.05) is 11.8 Å². The van der Waals surface area contributed by atoms with Crippen molar-refractivity contribution in [1.29, 1.82) is 0 Å². The molecular formula is C14H21N3O2. The molecule has 0 aromatic heterocycles. The second-order valence-corrected chi connectivity index (χ2v) is 5.21. The molecule has 0 spiro atoms. The number of carbonyl (C=O) groups is 1.